The van der Waals surface area contributed by atoms with Crippen LogP contribution in [0.2, 0.25) is 0 Å². The minimum atomic E-state index is 0.662. The van der Waals surface area contributed by atoms with Gasteiger partial charge in [0.25, 0.3) is 0 Å². The van der Waals surface area contributed by atoms with Crippen LogP contribution in [0, 0.1) is 0 Å². The number of hydrogen-bond donors (Lipinski definition) is 0. The molecule has 44 heavy (non-hydrogen) atoms. The Morgan fingerprint density at radius 3 is 1.66 bits per heavy atom. The number of aromatic nitrogens is 5. The van der Waals surface area contributed by atoms with Crippen molar-refractivity contribution in [3.63, 3.8) is 0 Å². The van der Waals surface area contributed by atoms with Crippen molar-refractivity contribution in [2.45, 2.75) is 0 Å². The Bertz CT molecular complexity index is 2220. The number of nitrogens with zero attached hydrogens (tertiary/aromatic N) is 5. The molecule has 5 nitrogen and oxygen atoms in total. The van der Waals surface area contributed by atoms with Crippen LogP contribution in [0.1, 0.15) is 0 Å². The van der Waals surface area contributed by atoms with E-state index in [-0.39, 0.29) is 0 Å². The maximum Gasteiger partial charge on any atom is 0.160 e. The molecule has 0 N–H and O–H groups in total. The Morgan fingerprint density at radius 2 is 0.909 bits per heavy atom. The highest BCUT2D eigenvalue weighted by Crippen LogP contribution is 2.34. The molecule has 0 aliphatic heterocycles. The van der Waals surface area contributed by atoms with E-state index >= 15 is 0 Å². The molecule has 0 amide bonds. The molecule has 8 rings (SSSR count). The molecular formula is C39H25N5. The number of para-hydroxylation sites is 1. The Morgan fingerprint density at radius 1 is 0.341 bits per heavy atom. The van der Waals surface area contributed by atoms with Gasteiger partial charge < -0.3 is 0 Å². The van der Waals surface area contributed by atoms with Gasteiger partial charge in [-0.05, 0) is 52.9 Å². The molecule has 0 unspecified atom stereocenters. The van der Waals surface area contributed by atoms with Gasteiger partial charge in [-0.3, -0.25) is 9.97 Å². The van der Waals surface area contributed by atoms with Gasteiger partial charge in [0.2, 0.25) is 0 Å². The second kappa shape index (κ2) is 11.0. The van der Waals surface area contributed by atoms with E-state index in [0.29, 0.717) is 5.82 Å². The normalized spacial score (nSPS) is 11.2. The van der Waals surface area contributed by atoms with Crippen LogP contribution in [0.25, 0.3) is 78.2 Å². The van der Waals surface area contributed by atoms with Gasteiger partial charge >= 0.3 is 0 Å². The summed E-state index contributed by atoms with van der Waals surface area (Å²) in [6.07, 6.45) is 3.68. The summed E-state index contributed by atoms with van der Waals surface area (Å²) >= 11 is 0. The van der Waals surface area contributed by atoms with Crippen LogP contribution < -0.4 is 0 Å². The number of fused-ring (bicyclic) bond motifs is 3. The molecule has 0 aliphatic carbocycles. The first-order chi connectivity index (χ1) is 21.8. The first kappa shape index (κ1) is 25.6. The Hall–Kier alpha value is -6.07. The van der Waals surface area contributed by atoms with Gasteiger partial charge in [-0.2, -0.15) is 0 Å². The van der Waals surface area contributed by atoms with Gasteiger partial charge in [-0.1, -0.05) is 103 Å². The Balaban J connectivity index is 1.24. The van der Waals surface area contributed by atoms with Gasteiger partial charge in [0.1, 0.15) is 0 Å². The third-order valence-corrected chi connectivity index (χ3v) is 7.79. The monoisotopic (exact) mass is 563 g/mol. The molecule has 4 aromatic heterocycles. The minimum absolute atomic E-state index is 0.662. The van der Waals surface area contributed by atoms with Crippen LogP contribution in [0.15, 0.2) is 152 Å². The van der Waals surface area contributed by atoms with Crippen molar-refractivity contribution in [2.24, 2.45) is 0 Å². The third kappa shape index (κ3) is 4.76. The molecule has 5 heteroatoms. The molecule has 206 valence electrons. The average molecular weight is 564 g/mol. The van der Waals surface area contributed by atoms with Crippen molar-refractivity contribution in [1.29, 1.82) is 0 Å². The summed E-state index contributed by atoms with van der Waals surface area (Å²) in [5, 5.41) is 3.38. The van der Waals surface area contributed by atoms with Gasteiger partial charge in [0.05, 0.1) is 34.0 Å². The van der Waals surface area contributed by atoms with Crippen molar-refractivity contribution in [2.75, 3.05) is 0 Å². The second-order valence-corrected chi connectivity index (χ2v) is 10.6. The van der Waals surface area contributed by atoms with E-state index in [1.807, 2.05) is 85.2 Å². The lowest BCUT2D eigenvalue weighted by atomic mass is 10.00. The van der Waals surface area contributed by atoms with Crippen LogP contribution in [0.4, 0.5) is 0 Å². The summed E-state index contributed by atoms with van der Waals surface area (Å²) in [6.45, 7) is 0. The maximum absolute atomic E-state index is 5.06. The lowest BCUT2D eigenvalue weighted by molar-refractivity contribution is 1.16. The highest BCUT2D eigenvalue weighted by Gasteiger charge is 2.14. The lowest BCUT2D eigenvalue weighted by Crippen LogP contribution is -1.97. The molecule has 0 fully saturated rings. The van der Waals surface area contributed by atoms with Crippen LogP contribution in [-0.2, 0) is 0 Å². The van der Waals surface area contributed by atoms with Crippen LogP contribution in [0.5, 0.6) is 0 Å². The molecule has 0 spiro atoms. The van der Waals surface area contributed by atoms with Gasteiger partial charge in [-0.15, -0.1) is 0 Å². The fourth-order valence-electron chi connectivity index (χ4n) is 5.64. The minimum Gasteiger partial charge on any atom is -0.255 e. The maximum atomic E-state index is 5.06. The van der Waals surface area contributed by atoms with Crippen molar-refractivity contribution in [1.82, 2.24) is 24.9 Å². The molecule has 0 radical (unpaired) electrons. The summed E-state index contributed by atoms with van der Waals surface area (Å²) in [5.74, 6) is 0.662. The lowest BCUT2D eigenvalue weighted by Gasteiger charge is -2.11. The summed E-state index contributed by atoms with van der Waals surface area (Å²) in [7, 11) is 0. The smallest absolute Gasteiger partial charge is 0.160 e. The Labute approximate surface area is 254 Å². The first-order valence-corrected chi connectivity index (χ1v) is 14.5. The Kier molecular flexibility index (Phi) is 6.39. The van der Waals surface area contributed by atoms with E-state index < -0.39 is 0 Å². The van der Waals surface area contributed by atoms with Crippen LogP contribution in [0.3, 0.4) is 0 Å². The SMILES string of the molecule is c1ccc(-c2cc(-c3cc(-c4ccnc(-c5nc6ccccc6c6ccccc56)c4)ccn3)nc(-c3ccccc3)n2)cc1. The van der Waals surface area contributed by atoms with Gasteiger partial charge in [-0.25, -0.2) is 15.0 Å². The van der Waals surface area contributed by atoms with Crippen molar-refractivity contribution in [3.05, 3.63) is 152 Å². The molecular weight excluding hydrogens is 538 g/mol. The van der Waals surface area contributed by atoms with Gasteiger partial charge in [0, 0.05) is 34.3 Å². The number of rotatable bonds is 5. The predicted octanol–water partition coefficient (Wildman–Crippen LogP) is 9.30. The van der Waals surface area contributed by atoms with E-state index in [2.05, 4.69) is 66.7 Å². The zero-order valence-corrected chi connectivity index (χ0v) is 23.7. The van der Waals surface area contributed by atoms with E-state index in [1.165, 1.54) is 5.39 Å². The van der Waals surface area contributed by atoms with Crippen LogP contribution in [-0.4, -0.2) is 24.9 Å². The summed E-state index contributed by atoms with van der Waals surface area (Å²) in [4.78, 5) is 24.4. The van der Waals surface area contributed by atoms with Crippen molar-refractivity contribution in [3.8, 4) is 56.5 Å². The highest BCUT2D eigenvalue weighted by molar-refractivity contribution is 6.10. The summed E-state index contributed by atoms with van der Waals surface area (Å²) in [6, 6.07) is 47.1. The molecule has 4 aromatic carbocycles. The molecule has 4 heterocycles. The molecule has 0 aliphatic rings. The quantitative estimate of drug-likeness (QED) is 0.195. The van der Waals surface area contributed by atoms with E-state index in [0.717, 1.165) is 67.0 Å². The zero-order chi connectivity index (χ0) is 29.3. The number of benzene rings is 4. The molecule has 0 atom stereocenters. The van der Waals surface area contributed by atoms with Crippen molar-refractivity contribution >= 4 is 21.7 Å². The highest BCUT2D eigenvalue weighted by atomic mass is 14.9. The average Bonchev–Trinajstić information content (AvgIpc) is 3.12. The molecule has 0 bridgehead atoms. The summed E-state index contributed by atoms with van der Waals surface area (Å²) < 4.78 is 0. The van der Waals surface area contributed by atoms with Gasteiger partial charge in [0.15, 0.2) is 5.82 Å². The molecule has 8 aromatic rings. The van der Waals surface area contributed by atoms with Crippen LogP contribution >= 0.6 is 0 Å². The zero-order valence-electron chi connectivity index (χ0n) is 23.7. The second-order valence-electron chi connectivity index (χ2n) is 10.6. The fraction of sp³-hybridized carbons (Fsp3) is 0. The third-order valence-electron chi connectivity index (χ3n) is 7.79. The van der Waals surface area contributed by atoms with E-state index in [4.69, 9.17) is 24.9 Å². The van der Waals surface area contributed by atoms with E-state index in [1.54, 1.807) is 0 Å². The number of hydrogen-bond acceptors (Lipinski definition) is 5. The number of pyridine rings is 3. The predicted molar refractivity (Wildman–Crippen MR) is 178 cm³/mol. The molecule has 0 saturated carbocycles. The van der Waals surface area contributed by atoms with E-state index in [9.17, 15) is 0 Å². The fourth-order valence-corrected chi connectivity index (χ4v) is 5.64. The first-order valence-electron chi connectivity index (χ1n) is 14.5. The largest absolute Gasteiger partial charge is 0.255 e. The summed E-state index contributed by atoms with van der Waals surface area (Å²) in [5.41, 5.74) is 9.05. The standard InChI is InChI=1S/C39H25N5/c1-3-11-26(12-4-1)34-25-36(44-39(43-34)27-13-5-2-6-14-27)35-23-28(19-21-40-35)29-20-22-41-37(24-29)38-32-17-8-7-15-30(32)31-16-9-10-18-33(31)42-38/h1-25H. The van der Waals surface area contributed by atoms with Crippen molar-refractivity contribution < 1.29 is 0 Å². The topological polar surface area (TPSA) is 64.5 Å². The molecule has 0 saturated heterocycles.